The van der Waals surface area contributed by atoms with Crippen molar-refractivity contribution < 1.29 is 34.1 Å². The first-order chi connectivity index (χ1) is 18.9. The van der Waals surface area contributed by atoms with E-state index in [0.29, 0.717) is 11.5 Å². The van der Waals surface area contributed by atoms with Crippen molar-refractivity contribution in [3.05, 3.63) is 82.9 Å². The summed E-state index contributed by atoms with van der Waals surface area (Å²) in [5.74, 6) is -1.03. The fourth-order valence-corrected chi connectivity index (χ4v) is 4.83. The molecule has 1 amide bonds. The van der Waals surface area contributed by atoms with Gasteiger partial charge in [-0.3, -0.25) is 19.2 Å². The lowest BCUT2D eigenvalue weighted by Crippen LogP contribution is -2.38. The van der Waals surface area contributed by atoms with Gasteiger partial charge in [-0.25, -0.2) is 0 Å². The molecule has 1 unspecified atom stereocenters. The van der Waals surface area contributed by atoms with Gasteiger partial charge in [0, 0.05) is 30.9 Å². The van der Waals surface area contributed by atoms with Crippen molar-refractivity contribution in [3.8, 4) is 0 Å². The molecule has 1 aliphatic heterocycles. The number of hydrogen-bond acceptors (Lipinski definition) is 7. The van der Waals surface area contributed by atoms with Crippen LogP contribution in [0.15, 0.2) is 82.9 Å². The molecule has 1 saturated heterocycles. The number of ketones is 3. The minimum absolute atomic E-state index is 0.0676. The molecular formula is C32H39NO7. The zero-order chi connectivity index (χ0) is 29.4. The van der Waals surface area contributed by atoms with Crippen LogP contribution in [-0.4, -0.2) is 51.3 Å². The monoisotopic (exact) mass is 549 g/mol. The third-order valence-electron chi connectivity index (χ3n) is 7.07. The van der Waals surface area contributed by atoms with Gasteiger partial charge in [-0.2, -0.15) is 0 Å². The van der Waals surface area contributed by atoms with Crippen molar-refractivity contribution in [2.75, 3.05) is 0 Å². The summed E-state index contributed by atoms with van der Waals surface area (Å²) < 4.78 is 5.43. The highest BCUT2D eigenvalue weighted by molar-refractivity contribution is 6.09. The van der Waals surface area contributed by atoms with Gasteiger partial charge in [-0.05, 0) is 43.9 Å². The molecule has 0 aromatic heterocycles. The van der Waals surface area contributed by atoms with Crippen molar-refractivity contribution in [1.82, 2.24) is 5.32 Å². The molecule has 3 N–H and O–H groups in total. The zero-order valence-corrected chi connectivity index (χ0v) is 23.6. The number of carbonyl (C=O) groups excluding carboxylic acids is 4. The van der Waals surface area contributed by atoms with E-state index in [2.05, 4.69) is 25.2 Å². The maximum atomic E-state index is 12.9. The van der Waals surface area contributed by atoms with Gasteiger partial charge in [-0.1, -0.05) is 68.7 Å². The predicted octanol–water partition coefficient (Wildman–Crippen LogP) is 4.59. The van der Waals surface area contributed by atoms with Gasteiger partial charge in [0.15, 0.2) is 23.5 Å². The van der Waals surface area contributed by atoms with E-state index in [0.717, 1.165) is 24.8 Å². The number of amides is 1. The van der Waals surface area contributed by atoms with E-state index in [1.54, 1.807) is 25.2 Å². The van der Waals surface area contributed by atoms with Gasteiger partial charge in [0.2, 0.25) is 5.91 Å². The van der Waals surface area contributed by atoms with Gasteiger partial charge in [0.1, 0.15) is 23.2 Å². The largest absolute Gasteiger partial charge is 0.510 e. The van der Waals surface area contributed by atoms with E-state index >= 15 is 0 Å². The summed E-state index contributed by atoms with van der Waals surface area (Å²) in [6, 6.07) is 0. The molecule has 1 fully saturated rings. The predicted molar refractivity (Wildman–Crippen MR) is 152 cm³/mol. The first-order valence-corrected chi connectivity index (χ1v) is 13.8. The third kappa shape index (κ3) is 8.19. The maximum Gasteiger partial charge on any atom is 0.248 e. The Morgan fingerprint density at radius 1 is 1.18 bits per heavy atom. The average Bonchev–Trinajstić information content (AvgIpc) is 3.66. The van der Waals surface area contributed by atoms with Crippen LogP contribution in [0.5, 0.6) is 0 Å². The molecule has 0 aromatic carbocycles. The molecule has 40 heavy (non-hydrogen) atoms. The number of Topliss-reactive ketones (excluding diaryl/α,β-unsaturated/α-hetero) is 3. The summed E-state index contributed by atoms with van der Waals surface area (Å²) in [5, 5.41) is 23.1. The Bertz CT molecular complexity index is 1260. The van der Waals surface area contributed by atoms with Crippen LogP contribution in [0, 0.1) is 5.92 Å². The van der Waals surface area contributed by atoms with Crippen LogP contribution in [-0.2, 0) is 23.9 Å². The van der Waals surface area contributed by atoms with Crippen molar-refractivity contribution in [3.63, 3.8) is 0 Å². The average molecular weight is 550 g/mol. The van der Waals surface area contributed by atoms with Gasteiger partial charge < -0.3 is 20.3 Å². The van der Waals surface area contributed by atoms with E-state index in [1.165, 1.54) is 24.3 Å². The summed E-state index contributed by atoms with van der Waals surface area (Å²) in [4.78, 5) is 49.2. The first-order valence-electron chi connectivity index (χ1n) is 13.8. The Labute approximate surface area is 235 Å². The quantitative estimate of drug-likeness (QED) is 0.174. The number of fused-ring (bicyclic) bond motifs is 1. The number of rotatable bonds is 13. The molecule has 0 aromatic rings. The molecule has 0 saturated carbocycles. The lowest BCUT2D eigenvalue weighted by molar-refractivity contribution is -0.120. The summed E-state index contributed by atoms with van der Waals surface area (Å²) in [7, 11) is 0. The molecule has 4 atom stereocenters. The summed E-state index contributed by atoms with van der Waals surface area (Å²) in [6.45, 7) is 8.01. The highest BCUT2D eigenvalue weighted by Crippen LogP contribution is 2.42. The Balaban J connectivity index is 1.60. The molecule has 8 nitrogen and oxygen atoms in total. The Kier molecular flexibility index (Phi) is 10.5. The SMILES string of the molecule is CCCC[C@@H](C)/C=C(C)/C=C(\C)C(=O)CC1=C[C@@](O)(/C=C/C=C/C=C/C(=O)NC2=C(O)CCC2=O)C2O[C@@H]2C1=O. The number of allylic oxidation sites excluding steroid dienone is 10. The summed E-state index contributed by atoms with van der Waals surface area (Å²) in [6.07, 6.45) is 16.4. The molecule has 214 valence electrons. The smallest absolute Gasteiger partial charge is 0.248 e. The van der Waals surface area contributed by atoms with Crippen LogP contribution in [0.3, 0.4) is 0 Å². The van der Waals surface area contributed by atoms with Crippen molar-refractivity contribution in [1.29, 1.82) is 0 Å². The van der Waals surface area contributed by atoms with E-state index in [4.69, 9.17) is 4.74 Å². The molecule has 0 radical (unpaired) electrons. The molecular weight excluding hydrogens is 510 g/mol. The molecule has 0 bridgehead atoms. The van der Waals surface area contributed by atoms with E-state index in [1.807, 2.05) is 13.0 Å². The molecule has 1 heterocycles. The van der Waals surface area contributed by atoms with Crippen molar-refractivity contribution in [2.24, 2.45) is 5.92 Å². The molecule has 3 rings (SSSR count). The van der Waals surface area contributed by atoms with E-state index in [9.17, 15) is 29.4 Å². The van der Waals surface area contributed by atoms with E-state index < -0.39 is 23.7 Å². The molecule has 8 heteroatoms. The fourth-order valence-electron chi connectivity index (χ4n) is 4.83. The lowest BCUT2D eigenvalue weighted by Gasteiger charge is -2.23. The second-order valence-electron chi connectivity index (χ2n) is 10.7. The topological polar surface area (TPSA) is 133 Å². The highest BCUT2D eigenvalue weighted by atomic mass is 16.6. The number of hydrogen-bond donors (Lipinski definition) is 3. The lowest BCUT2D eigenvalue weighted by atomic mass is 9.83. The number of carbonyl (C=O) groups is 4. The number of nitrogens with one attached hydrogen (secondary N) is 1. The van der Waals surface area contributed by atoms with Crippen LogP contribution in [0.25, 0.3) is 0 Å². The minimum Gasteiger partial charge on any atom is -0.510 e. The molecule has 3 aliphatic rings. The van der Waals surface area contributed by atoms with Crippen LogP contribution < -0.4 is 5.32 Å². The second-order valence-corrected chi connectivity index (χ2v) is 10.7. The Morgan fingerprint density at radius 2 is 1.90 bits per heavy atom. The zero-order valence-electron chi connectivity index (χ0n) is 23.6. The van der Waals surface area contributed by atoms with Crippen LogP contribution in [0.2, 0.25) is 0 Å². The highest BCUT2D eigenvalue weighted by Gasteiger charge is 2.59. The Morgan fingerprint density at radius 3 is 2.58 bits per heavy atom. The first kappa shape index (κ1) is 30.9. The van der Waals surface area contributed by atoms with Crippen molar-refractivity contribution in [2.45, 2.75) is 84.0 Å². The van der Waals surface area contributed by atoms with Gasteiger partial charge >= 0.3 is 0 Å². The van der Waals surface area contributed by atoms with Crippen LogP contribution in [0.4, 0.5) is 0 Å². The van der Waals surface area contributed by atoms with E-state index in [-0.39, 0.29) is 53.6 Å². The number of aliphatic hydroxyl groups excluding tert-OH is 1. The number of unbranched alkanes of at least 4 members (excludes halogenated alkanes) is 1. The Hall–Kier alpha value is -3.62. The third-order valence-corrected chi connectivity index (χ3v) is 7.07. The minimum atomic E-state index is -1.55. The van der Waals surface area contributed by atoms with Crippen molar-refractivity contribution >= 4 is 23.3 Å². The van der Waals surface area contributed by atoms with Gasteiger partial charge in [-0.15, -0.1) is 0 Å². The molecule has 2 aliphatic carbocycles. The fraction of sp³-hybridized carbons (Fsp3) is 0.438. The second kappa shape index (κ2) is 13.6. The van der Waals surface area contributed by atoms with Gasteiger partial charge in [0.05, 0.1) is 0 Å². The van der Waals surface area contributed by atoms with Crippen LogP contribution >= 0.6 is 0 Å². The summed E-state index contributed by atoms with van der Waals surface area (Å²) in [5.41, 5.74) is 0.159. The maximum absolute atomic E-state index is 12.9. The number of aliphatic hydroxyl groups is 2. The number of ether oxygens (including phenoxy) is 1. The summed E-state index contributed by atoms with van der Waals surface area (Å²) >= 11 is 0. The van der Waals surface area contributed by atoms with Gasteiger partial charge in [0.25, 0.3) is 0 Å². The standard InChI is InChI=1S/C32H39NO7/c1-5-6-11-20(2)16-21(3)17-22(4)26(36)18-23-19-32(39,31-30(40-31)29(23)38)15-10-8-7-9-12-27(37)33-28-24(34)13-14-25(28)35/h7-10,12,15-17,19-20,30-31,34,39H,5-6,11,13-14,18H2,1-4H3,(H,33,37)/b8-7+,12-9+,15-10+,21-16+,22-17+/t20-,30-,31?,32+/m1/s1. The van der Waals surface area contributed by atoms with Crippen LogP contribution in [0.1, 0.15) is 66.2 Å². The molecule has 0 spiro atoms. The normalized spacial score (nSPS) is 26.2. The number of epoxide rings is 1.